The van der Waals surface area contributed by atoms with Crippen LogP contribution in [0.4, 0.5) is 11.5 Å². The molecule has 8 nitrogen and oxygen atoms in total. The lowest BCUT2D eigenvalue weighted by Gasteiger charge is -2.19. The Labute approximate surface area is 188 Å². The van der Waals surface area contributed by atoms with Gasteiger partial charge in [-0.25, -0.2) is 0 Å². The molecule has 0 atom stereocenters. The number of aryl methyl sites for hydroxylation is 1. The van der Waals surface area contributed by atoms with Crippen LogP contribution in [0.1, 0.15) is 20.7 Å². The molecule has 3 rings (SSSR count). The molecule has 9 heteroatoms. The molecule has 0 saturated heterocycles. The maximum atomic E-state index is 13.3. The highest BCUT2D eigenvalue weighted by Gasteiger charge is 2.23. The van der Waals surface area contributed by atoms with Gasteiger partial charge in [-0.15, -0.1) is 0 Å². The third-order valence-electron chi connectivity index (χ3n) is 4.57. The predicted molar refractivity (Wildman–Crippen MR) is 123 cm³/mol. The Morgan fingerprint density at radius 2 is 1.84 bits per heavy atom. The van der Waals surface area contributed by atoms with Crippen LogP contribution < -0.4 is 19.8 Å². The first-order valence-electron chi connectivity index (χ1n) is 9.15. The summed E-state index contributed by atoms with van der Waals surface area (Å²) in [6, 6.07) is 13.3. The summed E-state index contributed by atoms with van der Waals surface area (Å²) in [7, 11) is 4.80. The lowest BCUT2D eigenvalue weighted by molar-refractivity contribution is 0.0987. The molecule has 0 spiro atoms. The van der Waals surface area contributed by atoms with Gasteiger partial charge >= 0.3 is 0 Å². The number of methoxy groups -OCH3 is 2. The van der Waals surface area contributed by atoms with Crippen molar-refractivity contribution in [2.24, 2.45) is 12.1 Å². The summed E-state index contributed by atoms with van der Waals surface area (Å²) < 4.78 is 12.9. The molecular weight excluding hydrogens is 464 g/mol. The van der Waals surface area contributed by atoms with Crippen LogP contribution in [0.15, 0.2) is 64.3 Å². The molecule has 31 heavy (non-hydrogen) atoms. The molecule has 0 radical (unpaired) electrons. The first kappa shape index (κ1) is 22.1. The number of hydrazone groups is 1. The molecule has 1 N–H and O–H groups in total. The second-order valence-electron chi connectivity index (χ2n) is 6.45. The molecule has 2 amide bonds. The molecular formula is C22H21BrN4O4. The van der Waals surface area contributed by atoms with Gasteiger partial charge in [0, 0.05) is 30.0 Å². The van der Waals surface area contributed by atoms with Crippen molar-refractivity contribution in [2.75, 3.05) is 24.5 Å². The van der Waals surface area contributed by atoms with Crippen LogP contribution in [-0.2, 0) is 7.05 Å². The molecule has 0 aliphatic rings. The van der Waals surface area contributed by atoms with Gasteiger partial charge in [0.2, 0.25) is 0 Å². The lowest BCUT2D eigenvalue weighted by atomic mass is 10.1. The number of hydrogen-bond donors (Lipinski definition) is 1. The molecule has 0 aliphatic heterocycles. The van der Waals surface area contributed by atoms with Gasteiger partial charge in [-0.3, -0.25) is 9.59 Å². The van der Waals surface area contributed by atoms with E-state index in [1.165, 1.54) is 19.2 Å². The quantitative estimate of drug-likeness (QED) is 0.399. The van der Waals surface area contributed by atoms with Crippen LogP contribution in [-0.4, -0.2) is 37.3 Å². The Morgan fingerprint density at radius 1 is 1.10 bits per heavy atom. The van der Waals surface area contributed by atoms with Gasteiger partial charge in [0.05, 0.1) is 25.5 Å². The minimum atomic E-state index is -0.444. The van der Waals surface area contributed by atoms with Crippen LogP contribution in [0.25, 0.3) is 0 Å². The minimum Gasteiger partial charge on any atom is -0.493 e. The zero-order chi connectivity index (χ0) is 22.5. The van der Waals surface area contributed by atoms with E-state index in [1.54, 1.807) is 66.3 Å². The molecule has 3 aromatic rings. The standard InChI is InChI=1S/C22H21BrN4O4/c1-24-27(20-6-5-11-26(20)2)22(29)16-13-15(23)8-9-17(16)25-21(28)14-7-10-18(30-3)19(12-14)31-4/h5-13H,1H2,2-4H3,(H,25,28). The molecule has 0 aliphatic carbocycles. The SMILES string of the molecule is C=NN(C(=O)c1cc(Br)ccc1NC(=O)c1ccc(OC)c(OC)c1)c1cccn1C. The first-order valence-corrected chi connectivity index (χ1v) is 9.94. The average molecular weight is 485 g/mol. The number of hydrogen-bond acceptors (Lipinski definition) is 5. The number of nitrogens with one attached hydrogen (secondary N) is 1. The smallest absolute Gasteiger partial charge is 0.282 e. The maximum Gasteiger partial charge on any atom is 0.282 e. The number of benzene rings is 2. The van der Waals surface area contributed by atoms with Gasteiger partial charge in [0.15, 0.2) is 11.5 Å². The Morgan fingerprint density at radius 3 is 2.45 bits per heavy atom. The third kappa shape index (κ3) is 4.61. The Balaban J connectivity index is 1.95. The maximum absolute atomic E-state index is 13.3. The van der Waals surface area contributed by atoms with E-state index in [0.29, 0.717) is 33.0 Å². The van der Waals surface area contributed by atoms with Crippen molar-refractivity contribution in [2.45, 2.75) is 0 Å². The number of aromatic nitrogens is 1. The molecule has 1 aromatic heterocycles. The first-order chi connectivity index (χ1) is 14.9. The number of carbonyl (C=O) groups excluding carboxylic acids is 2. The minimum absolute atomic E-state index is 0.247. The molecule has 0 fully saturated rings. The largest absolute Gasteiger partial charge is 0.493 e. The fraction of sp³-hybridized carbons (Fsp3) is 0.136. The van der Waals surface area contributed by atoms with Gasteiger partial charge in [-0.05, 0) is 48.5 Å². The third-order valence-corrected chi connectivity index (χ3v) is 5.07. The second-order valence-corrected chi connectivity index (χ2v) is 7.37. The molecule has 160 valence electrons. The monoisotopic (exact) mass is 484 g/mol. The number of amides is 2. The summed E-state index contributed by atoms with van der Waals surface area (Å²) in [5.41, 5.74) is 0.924. The van der Waals surface area contributed by atoms with E-state index in [9.17, 15) is 9.59 Å². The van der Waals surface area contributed by atoms with Gasteiger partial charge < -0.3 is 19.4 Å². The van der Waals surface area contributed by atoms with Gasteiger partial charge in [-0.2, -0.15) is 10.1 Å². The van der Waals surface area contributed by atoms with E-state index >= 15 is 0 Å². The van der Waals surface area contributed by atoms with Crippen molar-refractivity contribution in [3.05, 3.63) is 70.3 Å². The van der Waals surface area contributed by atoms with Crippen molar-refractivity contribution in [3.8, 4) is 11.5 Å². The van der Waals surface area contributed by atoms with Crippen LogP contribution in [0, 0.1) is 0 Å². The summed E-state index contributed by atoms with van der Waals surface area (Å²) >= 11 is 3.38. The van der Waals surface area contributed by atoms with Gasteiger partial charge in [0.25, 0.3) is 11.8 Å². The molecule has 0 unspecified atom stereocenters. The number of halogens is 1. The highest BCUT2D eigenvalue weighted by Crippen LogP contribution is 2.29. The van der Waals surface area contributed by atoms with E-state index < -0.39 is 11.8 Å². The summed E-state index contributed by atoms with van der Waals surface area (Å²) in [5.74, 6) is 0.619. The number of nitrogens with zero attached hydrogens (tertiary/aromatic N) is 3. The molecule has 1 heterocycles. The fourth-order valence-electron chi connectivity index (χ4n) is 3.00. The van der Waals surface area contributed by atoms with E-state index in [2.05, 4.69) is 33.1 Å². The van der Waals surface area contributed by atoms with Crippen LogP contribution in [0.3, 0.4) is 0 Å². The number of anilines is 2. The van der Waals surface area contributed by atoms with E-state index in [1.807, 2.05) is 0 Å². The van der Waals surface area contributed by atoms with Crippen LogP contribution in [0.2, 0.25) is 0 Å². The molecule has 2 aromatic carbocycles. The number of ether oxygens (including phenoxy) is 2. The average Bonchev–Trinajstić information content (AvgIpc) is 3.20. The zero-order valence-electron chi connectivity index (χ0n) is 17.3. The van der Waals surface area contributed by atoms with E-state index in [4.69, 9.17) is 9.47 Å². The molecule has 0 saturated carbocycles. The van der Waals surface area contributed by atoms with Crippen LogP contribution in [0.5, 0.6) is 11.5 Å². The Bertz CT molecular complexity index is 1140. The van der Waals surface area contributed by atoms with Crippen LogP contribution >= 0.6 is 15.9 Å². The number of rotatable bonds is 7. The second kappa shape index (κ2) is 9.48. The summed E-state index contributed by atoms with van der Waals surface area (Å²) in [4.78, 5) is 26.2. The van der Waals surface area contributed by atoms with E-state index in [0.717, 1.165) is 0 Å². The Hall–Kier alpha value is -3.59. The van der Waals surface area contributed by atoms with Gasteiger partial charge in [-0.1, -0.05) is 15.9 Å². The van der Waals surface area contributed by atoms with Crippen molar-refractivity contribution < 1.29 is 19.1 Å². The van der Waals surface area contributed by atoms with Crippen molar-refractivity contribution >= 4 is 46.0 Å². The fourth-order valence-corrected chi connectivity index (χ4v) is 3.36. The molecule has 0 bridgehead atoms. The Kier molecular flexibility index (Phi) is 6.76. The highest BCUT2D eigenvalue weighted by molar-refractivity contribution is 9.10. The summed E-state index contributed by atoms with van der Waals surface area (Å²) in [6.07, 6.45) is 1.79. The summed E-state index contributed by atoms with van der Waals surface area (Å²) in [5, 5.41) is 7.84. The van der Waals surface area contributed by atoms with Crippen molar-refractivity contribution in [1.29, 1.82) is 0 Å². The van der Waals surface area contributed by atoms with Gasteiger partial charge in [0.1, 0.15) is 5.82 Å². The van der Waals surface area contributed by atoms with Crippen molar-refractivity contribution in [1.82, 2.24) is 4.57 Å². The van der Waals surface area contributed by atoms with E-state index in [-0.39, 0.29) is 5.56 Å². The summed E-state index contributed by atoms with van der Waals surface area (Å²) in [6.45, 7) is 3.52. The predicted octanol–water partition coefficient (Wildman–Crippen LogP) is 4.32. The lowest BCUT2D eigenvalue weighted by Crippen LogP contribution is -2.28. The normalized spacial score (nSPS) is 10.3. The highest BCUT2D eigenvalue weighted by atomic mass is 79.9. The zero-order valence-corrected chi connectivity index (χ0v) is 18.8. The number of carbonyl (C=O) groups is 2. The van der Waals surface area contributed by atoms with Crippen molar-refractivity contribution in [3.63, 3.8) is 0 Å². The topological polar surface area (TPSA) is 85.2 Å².